The van der Waals surface area contributed by atoms with Crippen molar-refractivity contribution in [2.24, 2.45) is 5.10 Å². The van der Waals surface area contributed by atoms with Crippen LogP contribution in [0.2, 0.25) is 0 Å². The Morgan fingerprint density at radius 3 is 2.50 bits per heavy atom. The fourth-order valence-electron chi connectivity index (χ4n) is 2.07. The fourth-order valence-corrected chi connectivity index (χ4v) is 2.69. The van der Waals surface area contributed by atoms with Gasteiger partial charge in [0, 0.05) is 8.95 Å². The average molecular weight is 421 g/mol. The summed E-state index contributed by atoms with van der Waals surface area (Å²) < 4.78 is 3.15. The summed E-state index contributed by atoms with van der Waals surface area (Å²) in [5.41, 5.74) is 1.39. The van der Waals surface area contributed by atoms with E-state index in [-0.39, 0.29) is 5.56 Å². The van der Waals surface area contributed by atoms with Crippen molar-refractivity contribution in [1.29, 1.82) is 0 Å². The van der Waals surface area contributed by atoms with Crippen LogP contribution >= 0.6 is 31.9 Å². The molecule has 0 N–H and O–H groups in total. The molecule has 4 nitrogen and oxygen atoms in total. The Bertz CT molecular complexity index is 931. The molecule has 0 fully saturated rings. The number of nitrogens with zero attached hydrogens (tertiary/aromatic N) is 3. The topological polar surface area (TPSA) is 47.2 Å². The SMILES string of the molecule is Cc1nc2ccc(Br)cc2c(=O)n1N=Cc1ccc(Br)cc1. The van der Waals surface area contributed by atoms with Crippen LogP contribution < -0.4 is 5.56 Å². The number of rotatable bonds is 2. The molecule has 110 valence electrons. The molecule has 0 spiro atoms. The van der Waals surface area contributed by atoms with Gasteiger partial charge in [0.1, 0.15) is 5.82 Å². The molecule has 0 aliphatic rings. The van der Waals surface area contributed by atoms with Gasteiger partial charge in [-0.1, -0.05) is 44.0 Å². The molecule has 0 aliphatic heterocycles. The first-order valence-corrected chi connectivity index (χ1v) is 8.12. The van der Waals surface area contributed by atoms with E-state index >= 15 is 0 Å². The summed E-state index contributed by atoms with van der Waals surface area (Å²) in [5, 5.41) is 4.81. The molecule has 1 aromatic heterocycles. The molecule has 3 rings (SSSR count). The quantitative estimate of drug-likeness (QED) is 0.585. The zero-order valence-corrected chi connectivity index (χ0v) is 14.8. The number of benzene rings is 2. The Hall–Kier alpha value is -1.79. The second-order valence-electron chi connectivity index (χ2n) is 4.73. The van der Waals surface area contributed by atoms with Crippen LogP contribution in [0.4, 0.5) is 0 Å². The molecule has 1 heterocycles. The summed E-state index contributed by atoms with van der Waals surface area (Å²) in [5.74, 6) is 0.549. The molecule has 0 bridgehead atoms. The van der Waals surface area contributed by atoms with Crippen molar-refractivity contribution < 1.29 is 0 Å². The van der Waals surface area contributed by atoms with Gasteiger partial charge in [-0.2, -0.15) is 9.78 Å². The average Bonchev–Trinajstić information content (AvgIpc) is 2.50. The van der Waals surface area contributed by atoms with Crippen molar-refractivity contribution >= 4 is 49.0 Å². The number of fused-ring (bicyclic) bond motifs is 1. The van der Waals surface area contributed by atoms with E-state index in [0.29, 0.717) is 16.7 Å². The minimum absolute atomic E-state index is 0.183. The van der Waals surface area contributed by atoms with Crippen LogP contribution in [0.1, 0.15) is 11.4 Å². The van der Waals surface area contributed by atoms with Gasteiger partial charge >= 0.3 is 0 Å². The van der Waals surface area contributed by atoms with E-state index in [4.69, 9.17) is 0 Å². The van der Waals surface area contributed by atoms with E-state index in [1.807, 2.05) is 36.4 Å². The summed E-state index contributed by atoms with van der Waals surface area (Å²) >= 11 is 6.76. The molecule has 3 aromatic rings. The Morgan fingerprint density at radius 2 is 1.77 bits per heavy atom. The lowest BCUT2D eigenvalue weighted by molar-refractivity contribution is 0.771. The molecule has 0 atom stereocenters. The van der Waals surface area contributed by atoms with Crippen LogP contribution in [0.5, 0.6) is 0 Å². The smallest absolute Gasteiger partial charge is 0.267 e. The van der Waals surface area contributed by atoms with Gasteiger partial charge in [-0.25, -0.2) is 4.98 Å². The maximum atomic E-state index is 12.6. The van der Waals surface area contributed by atoms with E-state index in [2.05, 4.69) is 41.9 Å². The van der Waals surface area contributed by atoms with Gasteiger partial charge in [0.15, 0.2) is 0 Å². The van der Waals surface area contributed by atoms with E-state index in [0.717, 1.165) is 14.5 Å². The van der Waals surface area contributed by atoms with Crippen LogP contribution in [-0.2, 0) is 0 Å². The third-order valence-corrected chi connectivity index (χ3v) is 4.18. The predicted molar refractivity (Wildman–Crippen MR) is 95.6 cm³/mol. The highest BCUT2D eigenvalue weighted by atomic mass is 79.9. The van der Waals surface area contributed by atoms with Crippen LogP contribution in [0, 0.1) is 6.92 Å². The molecule has 0 saturated carbocycles. The van der Waals surface area contributed by atoms with Crippen molar-refractivity contribution in [3.63, 3.8) is 0 Å². The molecule has 0 radical (unpaired) electrons. The second kappa shape index (κ2) is 6.14. The number of aryl methyl sites for hydroxylation is 1. The standard InChI is InChI=1S/C16H11Br2N3O/c1-10-20-15-7-6-13(18)8-14(15)16(22)21(10)19-9-11-2-4-12(17)5-3-11/h2-9H,1H3. The number of aromatic nitrogens is 2. The summed E-state index contributed by atoms with van der Waals surface area (Å²) in [7, 11) is 0. The first kappa shape index (κ1) is 15.1. The van der Waals surface area contributed by atoms with Gasteiger partial charge in [0.05, 0.1) is 17.1 Å². The Labute approximate surface area is 143 Å². The van der Waals surface area contributed by atoms with E-state index in [9.17, 15) is 4.79 Å². The lowest BCUT2D eigenvalue weighted by atomic mass is 10.2. The Morgan fingerprint density at radius 1 is 1.09 bits per heavy atom. The Kier molecular flexibility index (Phi) is 4.22. The highest BCUT2D eigenvalue weighted by molar-refractivity contribution is 9.10. The van der Waals surface area contributed by atoms with E-state index in [1.54, 1.807) is 19.2 Å². The van der Waals surface area contributed by atoms with Crippen LogP contribution in [0.25, 0.3) is 10.9 Å². The monoisotopic (exact) mass is 419 g/mol. The maximum Gasteiger partial charge on any atom is 0.282 e. The molecule has 2 aromatic carbocycles. The van der Waals surface area contributed by atoms with Crippen LogP contribution in [-0.4, -0.2) is 15.9 Å². The van der Waals surface area contributed by atoms with Gasteiger partial charge in [-0.05, 0) is 42.8 Å². The van der Waals surface area contributed by atoms with Gasteiger partial charge in [0.2, 0.25) is 0 Å². The van der Waals surface area contributed by atoms with Crippen molar-refractivity contribution in [2.45, 2.75) is 6.92 Å². The van der Waals surface area contributed by atoms with Gasteiger partial charge in [-0.15, -0.1) is 0 Å². The molecular formula is C16H11Br2N3O. The van der Waals surface area contributed by atoms with Gasteiger partial charge in [0.25, 0.3) is 5.56 Å². The highest BCUT2D eigenvalue weighted by Crippen LogP contribution is 2.16. The first-order chi connectivity index (χ1) is 10.5. The first-order valence-electron chi connectivity index (χ1n) is 6.53. The minimum atomic E-state index is -0.183. The van der Waals surface area contributed by atoms with Crippen molar-refractivity contribution in [1.82, 2.24) is 9.66 Å². The fraction of sp³-hybridized carbons (Fsp3) is 0.0625. The molecule has 0 aliphatic carbocycles. The molecule has 0 unspecified atom stereocenters. The highest BCUT2D eigenvalue weighted by Gasteiger charge is 2.07. The number of halogens is 2. The van der Waals surface area contributed by atoms with Crippen molar-refractivity contribution in [3.8, 4) is 0 Å². The normalized spacial score (nSPS) is 11.4. The van der Waals surface area contributed by atoms with Crippen molar-refractivity contribution in [3.05, 3.63) is 73.2 Å². The summed E-state index contributed by atoms with van der Waals surface area (Å²) in [6, 6.07) is 13.1. The molecular weight excluding hydrogens is 410 g/mol. The summed E-state index contributed by atoms with van der Waals surface area (Å²) in [6.07, 6.45) is 1.65. The largest absolute Gasteiger partial charge is 0.282 e. The zero-order valence-electron chi connectivity index (χ0n) is 11.6. The summed E-state index contributed by atoms with van der Waals surface area (Å²) in [4.78, 5) is 17.0. The molecule has 0 amide bonds. The van der Waals surface area contributed by atoms with Gasteiger partial charge < -0.3 is 0 Å². The minimum Gasteiger partial charge on any atom is -0.267 e. The zero-order chi connectivity index (χ0) is 15.7. The molecule has 0 saturated heterocycles. The molecule has 22 heavy (non-hydrogen) atoms. The predicted octanol–water partition coefficient (Wildman–Crippen LogP) is 4.11. The van der Waals surface area contributed by atoms with Gasteiger partial charge in [-0.3, -0.25) is 4.79 Å². The Balaban J connectivity index is 2.10. The van der Waals surface area contributed by atoms with Crippen molar-refractivity contribution in [2.75, 3.05) is 0 Å². The van der Waals surface area contributed by atoms with E-state index < -0.39 is 0 Å². The maximum absolute atomic E-state index is 12.6. The van der Waals surface area contributed by atoms with E-state index in [1.165, 1.54) is 4.68 Å². The lowest BCUT2D eigenvalue weighted by Crippen LogP contribution is -2.20. The third kappa shape index (κ3) is 3.03. The summed E-state index contributed by atoms with van der Waals surface area (Å²) in [6.45, 7) is 1.77. The molecule has 6 heteroatoms. The second-order valence-corrected chi connectivity index (χ2v) is 6.56. The number of hydrogen-bond donors (Lipinski definition) is 0. The van der Waals surface area contributed by atoms with Crippen LogP contribution in [0.3, 0.4) is 0 Å². The number of hydrogen-bond acceptors (Lipinski definition) is 3. The lowest BCUT2D eigenvalue weighted by Gasteiger charge is -2.05. The van der Waals surface area contributed by atoms with Crippen LogP contribution in [0.15, 0.2) is 61.3 Å². The third-order valence-electron chi connectivity index (χ3n) is 3.16.